The minimum absolute atomic E-state index is 0.101. The van der Waals surface area contributed by atoms with E-state index in [1.807, 2.05) is 32.0 Å². The van der Waals surface area contributed by atoms with Crippen LogP contribution in [0.1, 0.15) is 27.2 Å². The minimum atomic E-state index is -3.28. The Morgan fingerprint density at radius 3 is 2.27 bits per heavy atom. The molecule has 1 atom stereocenters. The Labute approximate surface area is 177 Å². The number of benzene rings is 2. The summed E-state index contributed by atoms with van der Waals surface area (Å²) in [5.74, 6) is -0.101. The second kappa shape index (κ2) is 8.47. The molecule has 2 amide bonds. The number of rotatable bonds is 4. The van der Waals surface area contributed by atoms with Crippen LogP contribution in [-0.2, 0) is 19.4 Å². The molecule has 7 nitrogen and oxygen atoms in total. The van der Waals surface area contributed by atoms with Crippen LogP contribution in [0.15, 0.2) is 47.4 Å². The van der Waals surface area contributed by atoms with E-state index in [1.54, 1.807) is 34.1 Å². The Balaban J connectivity index is 2.06. The van der Waals surface area contributed by atoms with Crippen LogP contribution in [0.4, 0.5) is 16.2 Å². The molecule has 30 heavy (non-hydrogen) atoms. The van der Waals surface area contributed by atoms with Gasteiger partial charge in [-0.15, -0.1) is 0 Å². The molecule has 0 saturated heterocycles. The molecule has 0 saturated carbocycles. The SMILES string of the molecule is CCCOC(=O)N1C[C@H](C)N(C(C)=O)c2ccc(-c3ccc(S(C)(=O)=O)cc3)cc21. The third-order valence-electron chi connectivity index (χ3n) is 5.02. The monoisotopic (exact) mass is 430 g/mol. The number of anilines is 2. The summed E-state index contributed by atoms with van der Waals surface area (Å²) in [6.07, 6.45) is 1.43. The van der Waals surface area contributed by atoms with E-state index in [9.17, 15) is 18.0 Å². The summed E-state index contributed by atoms with van der Waals surface area (Å²) in [6.45, 7) is 5.97. The molecule has 0 aliphatic carbocycles. The van der Waals surface area contributed by atoms with Gasteiger partial charge >= 0.3 is 6.09 Å². The van der Waals surface area contributed by atoms with Gasteiger partial charge in [0.1, 0.15) is 0 Å². The van der Waals surface area contributed by atoms with E-state index < -0.39 is 15.9 Å². The van der Waals surface area contributed by atoms with Crippen molar-refractivity contribution in [3.8, 4) is 11.1 Å². The standard InChI is InChI=1S/C22H26N2O5S/c1-5-12-29-22(26)23-14-15(2)24(16(3)25)20-11-8-18(13-21(20)23)17-6-9-19(10-7-17)30(4,27)28/h6-11,13,15H,5,12,14H2,1-4H3/t15-/m0/s1. The first-order chi connectivity index (χ1) is 14.1. The zero-order chi connectivity index (χ0) is 22.1. The molecular weight excluding hydrogens is 404 g/mol. The lowest BCUT2D eigenvalue weighted by atomic mass is 10.0. The Morgan fingerprint density at radius 2 is 1.70 bits per heavy atom. The highest BCUT2D eigenvalue weighted by Crippen LogP contribution is 2.39. The van der Waals surface area contributed by atoms with Gasteiger partial charge in [-0.3, -0.25) is 9.69 Å². The van der Waals surface area contributed by atoms with E-state index in [1.165, 1.54) is 6.92 Å². The smallest absolute Gasteiger partial charge is 0.414 e. The fourth-order valence-electron chi connectivity index (χ4n) is 3.62. The third-order valence-corrected chi connectivity index (χ3v) is 6.15. The van der Waals surface area contributed by atoms with Gasteiger partial charge in [0.05, 0.1) is 28.9 Å². The second-order valence-electron chi connectivity index (χ2n) is 7.46. The van der Waals surface area contributed by atoms with Crippen molar-refractivity contribution in [2.75, 3.05) is 29.2 Å². The number of fused-ring (bicyclic) bond motifs is 1. The van der Waals surface area contributed by atoms with Gasteiger partial charge in [-0.2, -0.15) is 0 Å². The van der Waals surface area contributed by atoms with Crippen molar-refractivity contribution in [1.29, 1.82) is 0 Å². The minimum Gasteiger partial charge on any atom is -0.449 e. The van der Waals surface area contributed by atoms with Crippen molar-refractivity contribution in [3.05, 3.63) is 42.5 Å². The summed E-state index contributed by atoms with van der Waals surface area (Å²) < 4.78 is 28.8. The lowest BCUT2D eigenvalue weighted by Gasteiger charge is -2.40. The number of hydrogen-bond donors (Lipinski definition) is 0. The average molecular weight is 431 g/mol. The largest absolute Gasteiger partial charge is 0.449 e. The van der Waals surface area contributed by atoms with Crippen molar-refractivity contribution in [2.45, 2.75) is 38.1 Å². The average Bonchev–Trinajstić information content (AvgIpc) is 2.70. The maximum absolute atomic E-state index is 12.7. The molecule has 160 valence electrons. The molecule has 3 rings (SSSR count). The summed E-state index contributed by atoms with van der Waals surface area (Å²) in [5.41, 5.74) is 2.85. The van der Waals surface area contributed by atoms with Gasteiger partial charge in [0.25, 0.3) is 0 Å². The number of amides is 2. The molecule has 8 heteroatoms. The Kier molecular flexibility index (Phi) is 6.17. The van der Waals surface area contributed by atoms with Gasteiger partial charge in [0.15, 0.2) is 9.84 Å². The first kappa shape index (κ1) is 21.8. The number of carbonyl (C=O) groups excluding carboxylic acids is 2. The van der Waals surface area contributed by atoms with Crippen molar-refractivity contribution in [2.24, 2.45) is 0 Å². The van der Waals surface area contributed by atoms with Crippen LogP contribution in [-0.4, -0.2) is 45.9 Å². The van der Waals surface area contributed by atoms with E-state index >= 15 is 0 Å². The van der Waals surface area contributed by atoms with E-state index in [2.05, 4.69) is 0 Å². The molecule has 0 bridgehead atoms. The number of ether oxygens (including phenoxy) is 1. The molecule has 0 fully saturated rings. The molecular formula is C22H26N2O5S. The fraction of sp³-hybridized carbons (Fsp3) is 0.364. The van der Waals surface area contributed by atoms with Crippen LogP contribution in [0, 0.1) is 0 Å². The van der Waals surface area contributed by atoms with Crippen LogP contribution < -0.4 is 9.80 Å². The number of hydrogen-bond acceptors (Lipinski definition) is 5. The number of nitrogens with zero attached hydrogens (tertiary/aromatic N) is 2. The summed E-state index contributed by atoms with van der Waals surface area (Å²) in [4.78, 5) is 28.4. The molecule has 0 radical (unpaired) electrons. The molecule has 2 aromatic rings. The van der Waals surface area contributed by atoms with E-state index in [0.717, 1.165) is 17.4 Å². The molecule has 0 N–H and O–H groups in total. The zero-order valence-electron chi connectivity index (χ0n) is 17.6. The molecule has 0 spiro atoms. The summed E-state index contributed by atoms with van der Waals surface area (Å²) in [7, 11) is -3.28. The molecule has 1 aliphatic heterocycles. The van der Waals surface area contributed by atoms with Crippen LogP contribution in [0.25, 0.3) is 11.1 Å². The maximum atomic E-state index is 12.7. The lowest BCUT2D eigenvalue weighted by molar-refractivity contribution is -0.117. The summed E-state index contributed by atoms with van der Waals surface area (Å²) >= 11 is 0. The molecule has 0 unspecified atom stereocenters. The van der Waals surface area contributed by atoms with Crippen molar-refractivity contribution in [3.63, 3.8) is 0 Å². The fourth-order valence-corrected chi connectivity index (χ4v) is 4.25. The van der Waals surface area contributed by atoms with Crippen LogP contribution in [0.3, 0.4) is 0 Å². The lowest BCUT2D eigenvalue weighted by Crippen LogP contribution is -2.51. The molecule has 0 aromatic heterocycles. The summed E-state index contributed by atoms with van der Waals surface area (Å²) in [5, 5.41) is 0. The van der Waals surface area contributed by atoms with E-state index in [0.29, 0.717) is 30.9 Å². The predicted octanol–water partition coefficient (Wildman–Crippen LogP) is 3.87. The Bertz CT molecular complexity index is 1060. The number of sulfone groups is 1. The number of carbonyl (C=O) groups is 2. The first-order valence-corrected chi connectivity index (χ1v) is 11.7. The van der Waals surface area contributed by atoms with Gasteiger partial charge in [0, 0.05) is 19.7 Å². The highest BCUT2D eigenvalue weighted by molar-refractivity contribution is 7.90. The predicted molar refractivity (Wildman–Crippen MR) is 117 cm³/mol. The third kappa shape index (κ3) is 4.33. The van der Waals surface area contributed by atoms with Gasteiger partial charge in [-0.1, -0.05) is 25.1 Å². The van der Waals surface area contributed by atoms with Crippen LogP contribution >= 0.6 is 0 Å². The van der Waals surface area contributed by atoms with Crippen molar-refractivity contribution >= 4 is 33.2 Å². The van der Waals surface area contributed by atoms with Gasteiger partial charge < -0.3 is 9.64 Å². The molecule has 1 heterocycles. The normalized spacial score (nSPS) is 16.2. The van der Waals surface area contributed by atoms with Crippen LogP contribution in [0.2, 0.25) is 0 Å². The Hall–Kier alpha value is -2.87. The topological polar surface area (TPSA) is 84.0 Å². The molecule has 1 aliphatic rings. The van der Waals surface area contributed by atoms with Crippen LogP contribution in [0.5, 0.6) is 0 Å². The van der Waals surface area contributed by atoms with Gasteiger partial charge in [0.2, 0.25) is 5.91 Å². The van der Waals surface area contributed by atoms with E-state index in [4.69, 9.17) is 4.74 Å². The molecule has 2 aromatic carbocycles. The van der Waals surface area contributed by atoms with E-state index in [-0.39, 0.29) is 16.8 Å². The first-order valence-electron chi connectivity index (χ1n) is 9.82. The quantitative estimate of drug-likeness (QED) is 0.735. The highest BCUT2D eigenvalue weighted by Gasteiger charge is 2.34. The summed E-state index contributed by atoms with van der Waals surface area (Å²) in [6, 6.07) is 11.9. The van der Waals surface area contributed by atoms with Crippen molar-refractivity contribution < 1.29 is 22.7 Å². The Morgan fingerprint density at radius 1 is 1.07 bits per heavy atom. The highest BCUT2D eigenvalue weighted by atomic mass is 32.2. The van der Waals surface area contributed by atoms with Gasteiger partial charge in [-0.05, 0) is 48.7 Å². The van der Waals surface area contributed by atoms with Crippen molar-refractivity contribution in [1.82, 2.24) is 0 Å². The second-order valence-corrected chi connectivity index (χ2v) is 9.48. The van der Waals surface area contributed by atoms with Gasteiger partial charge in [-0.25, -0.2) is 13.2 Å². The maximum Gasteiger partial charge on any atom is 0.414 e. The zero-order valence-corrected chi connectivity index (χ0v) is 18.4.